The molecule has 0 rings (SSSR count). The average Bonchev–Trinajstić information content (AvgIpc) is 2.50. The third-order valence-corrected chi connectivity index (χ3v) is 4.09. The number of rotatable bonds is 16. The third kappa shape index (κ3) is 24.9. The fourth-order valence-corrected chi connectivity index (χ4v) is 2.69. The molecule has 0 aliphatic rings. The van der Waals surface area contributed by atoms with E-state index in [1.807, 2.05) is 0 Å². The van der Waals surface area contributed by atoms with Crippen molar-refractivity contribution in [2.75, 3.05) is 0 Å². The van der Waals surface area contributed by atoms with Gasteiger partial charge in [0.05, 0.1) is 0 Å². The van der Waals surface area contributed by atoms with E-state index < -0.39 is 5.97 Å². The minimum atomic E-state index is -0.510. The maximum absolute atomic E-state index is 10.7. The Balaban J connectivity index is -0.00000200. The Morgan fingerprint density at radius 2 is 1.00 bits per heavy atom. The zero-order valence-corrected chi connectivity index (χ0v) is 14.1. The van der Waals surface area contributed by atoms with Crippen LogP contribution in [0, 0.1) is 0 Å². The predicted octanol–water partition coefficient (Wildman–Crippen LogP) is 4.43. The van der Waals surface area contributed by atoms with Crippen LogP contribution in [-0.2, 0) is 9.68 Å². The molecule has 0 aliphatic carbocycles. The molecular formula is C18H40AlLiO3. The van der Waals surface area contributed by atoms with Gasteiger partial charge in [-0.15, -0.1) is 0 Å². The molecule has 23 heavy (non-hydrogen) atoms. The molecule has 0 spiro atoms. The molecule has 134 valence electrons. The molecular weight excluding hydrogens is 298 g/mol. The molecule has 5 heteroatoms. The Hall–Kier alpha value is 0.560. The van der Waals surface area contributed by atoms with Crippen LogP contribution in [0.4, 0.5) is 0 Å². The molecule has 0 aliphatic heterocycles. The summed E-state index contributed by atoms with van der Waals surface area (Å²) in [5, 5.41) is 8.10. The first-order valence-corrected chi connectivity index (χ1v) is 9.15. The van der Waals surface area contributed by atoms with Crippen molar-refractivity contribution >= 4 is 42.2 Å². The van der Waals surface area contributed by atoms with E-state index in [1.54, 1.807) is 0 Å². The molecule has 1 N–H and O–H groups in total. The van der Waals surface area contributed by atoms with E-state index >= 15 is 0 Å². The van der Waals surface area contributed by atoms with Gasteiger partial charge in [-0.05, 0) is 6.42 Å². The maximum atomic E-state index is 10.7. The molecule has 0 heterocycles. The molecule has 0 saturated carbocycles. The summed E-state index contributed by atoms with van der Waals surface area (Å²) in [5.41, 5.74) is 0. The van der Waals surface area contributed by atoms with Crippen molar-refractivity contribution in [2.45, 2.75) is 110 Å². The second kappa shape index (κ2) is 24.8. The Bertz CT molecular complexity index is 228. The molecule has 0 bridgehead atoms. The second-order valence-corrected chi connectivity index (χ2v) is 6.16. The fraction of sp³-hybridized carbons (Fsp3) is 0.944. The first kappa shape index (κ1) is 28.4. The summed E-state index contributed by atoms with van der Waals surface area (Å²) < 4.78 is 0. The van der Waals surface area contributed by atoms with Crippen LogP contribution in [-0.4, -0.2) is 47.4 Å². The van der Waals surface area contributed by atoms with E-state index in [1.165, 1.54) is 83.5 Å². The van der Waals surface area contributed by atoms with Crippen molar-refractivity contribution in [2.24, 2.45) is 0 Å². The van der Waals surface area contributed by atoms with E-state index in [0.29, 0.717) is 6.42 Å². The summed E-state index contributed by atoms with van der Waals surface area (Å²) in [6.07, 6.45) is 20.0. The van der Waals surface area contributed by atoms with Gasteiger partial charge in [0.2, 0.25) is 0 Å². The van der Waals surface area contributed by atoms with Gasteiger partial charge in [0, 0.05) is 6.42 Å². The van der Waals surface area contributed by atoms with Crippen molar-refractivity contribution in [1.29, 1.82) is 0 Å². The van der Waals surface area contributed by atoms with Gasteiger partial charge in [0.25, 0.3) is 0 Å². The van der Waals surface area contributed by atoms with Gasteiger partial charge in [-0.25, -0.2) is 4.79 Å². The molecule has 0 amide bonds. The number of unbranched alkanes of at least 4 members (excludes halogenated alkanes) is 14. The van der Waals surface area contributed by atoms with Crippen LogP contribution in [0.2, 0.25) is 0 Å². The third-order valence-electron chi connectivity index (χ3n) is 4.09. The van der Waals surface area contributed by atoms with Crippen molar-refractivity contribution in [3.05, 3.63) is 0 Å². The molecule has 0 fully saturated rings. The summed E-state index contributed by atoms with van der Waals surface area (Å²) in [6, 6.07) is 0. The summed E-state index contributed by atoms with van der Waals surface area (Å²) in [6.45, 7) is 2.27. The van der Waals surface area contributed by atoms with Crippen LogP contribution in [0.15, 0.2) is 0 Å². The van der Waals surface area contributed by atoms with Gasteiger partial charge in [-0.1, -0.05) is 96.8 Å². The SMILES string of the molecule is CCCCCCCCCCCCCCCCCC(=O)OO.[AlH3].[LiH]. The van der Waals surface area contributed by atoms with Crippen LogP contribution >= 0.6 is 0 Å². The van der Waals surface area contributed by atoms with E-state index in [2.05, 4.69) is 11.8 Å². The molecule has 0 atom stereocenters. The molecule has 3 nitrogen and oxygen atoms in total. The zero-order valence-electron chi connectivity index (χ0n) is 14.1. The van der Waals surface area contributed by atoms with Crippen molar-refractivity contribution < 1.29 is 14.9 Å². The molecule has 0 aromatic carbocycles. The minimum absolute atomic E-state index is 0. The topological polar surface area (TPSA) is 46.5 Å². The van der Waals surface area contributed by atoms with E-state index in [9.17, 15) is 4.79 Å². The van der Waals surface area contributed by atoms with Crippen LogP contribution in [0.5, 0.6) is 0 Å². The number of carbonyl (C=O) groups excluding carboxylic acids is 1. The molecule has 0 unspecified atom stereocenters. The number of hydrogen-bond donors (Lipinski definition) is 1. The monoisotopic (exact) mass is 338 g/mol. The van der Waals surface area contributed by atoms with Gasteiger partial charge in [0.15, 0.2) is 17.4 Å². The normalized spacial score (nSPS) is 9.83. The number of carbonyl (C=O) groups is 1. The fourth-order valence-electron chi connectivity index (χ4n) is 2.69. The zero-order chi connectivity index (χ0) is 15.6. The van der Waals surface area contributed by atoms with Crippen LogP contribution in [0.25, 0.3) is 0 Å². The number of hydrogen-bond acceptors (Lipinski definition) is 3. The van der Waals surface area contributed by atoms with Crippen molar-refractivity contribution in [3.8, 4) is 0 Å². The predicted molar refractivity (Wildman–Crippen MR) is 105 cm³/mol. The van der Waals surface area contributed by atoms with Crippen molar-refractivity contribution in [1.82, 2.24) is 0 Å². The van der Waals surface area contributed by atoms with Gasteiger partial charge in [-0.2, -0.15) is 5.26 Å². The van der Waals surface area contributed by atoms with E-state index in [4.69, 9.17) is 5.26 Å². The Labute approximate surface area is 166 Å². The Morgan fingerprint density at radius 3 is 1.30 bits per heavy atom. The Kier molecular flexibility index (Phi) is 30.6. The molecule has 0 aromatic rings. The Morgan fingerprint density at radius 1 is 0.696 bits per heavy atom. The summed E-state index contributed by atoms with van der Waals surface area (Å²) in [7, 11) is 0. The van der Waals surface area contributed by atoms with Crippen LogP contribution in [0.3, 0.4) is 0 Å². The van der Waals surface area contributed by atoms with E-state index in [-0.39, 0.29) is 36.2 Å². The molecule has 0 aromatic heterocycles. The standard InChI is InChI=1S/C18H36O3.Al.Li.4H/c1-2-3-4-5-6-7-8-9-10-11-12-13-14-15-16-17-18(19)21-20;;;;;;/h20H,2-17H2,1H3;;;;;;. The van der Waals surface area contributed by atoms with E-state index in [0.717, 1.165) is 12.8 Å². The van der Waals surface area contributed by atoms with Crippen molar-refractivity contribution in [3.63, 3.8) is 0 Å². The second-order valence-electron chi connectivity index (χ2n) is 6.16. The summed E-state index contributed by atoms with van der Waals surface area (Å²) in [4.78, 5) is 14.3. The quantitative estimate of drug-likeness (QED) is 0.196. The van der Waals surface area contributed by atoms with Crippen LogP contribution in [0.1, 0.15) is 110 Å². The summed E-state index contributed by atoms with van der Waals surface area (Å²) in [5.74, 6) is -0.510. The van der Waals surface area contributed by atoms with Gasteiger partial charge >= 0.3 is 24.8 Å². The first-order valence-electron chi connectivity index (χ1n) is 9.15. The van der Waals surface area contributed by atoms with Gasteiger partial charge in [-0.3, -0.25) is 0 Å². The van der Waals surface area contributed by atoms with Gasteiger partial charge in [0.1, 0.15) is 0 Å². The first-order chi connectivity index (χ1) is 10.3. The average molecular weight is 338 g/mol. The van der Waals surface area contributed by atoms with Gasteiger partial charge < -0.3 is 4.89 Å². The van der Waals surface area contributed by atoms with Crippen LogP contribution < -0.4 is 0 Å². The molecule has 0 saturated heterocycles. The summed E-state index contributed by atoms with van der Waals surface area (Å²) >= 11 is 0. The molecule has 0 radical (unpaired) electrons.